The lowest BCUT2D eigenvalue weighted by atomic mass is 10.2. The molecule has 0 atom stereocenters. The average Bonchev–Trinajstić information content (AvgIpc) is 3.03. The first kappa shape index (κ1) is 11.6. The molecule has 0 amide bonds. The van der Waals surface area contributed by atoms with Crippen LogP contribution < -0.4 is 5.32 Å². The van der Waals surface area contributed by atoms with E-state index in [4.69, 9.17) is 0 Å². The summed E-state index contributed by atoms with van der Waals surface area (Å²) in [6.07, 6.45) is 7.88. The first-order valence-corrected chi connectivity index (χ1v) is 6.14. The number of hydrogen-bond acceptors (Lipinski definition) is 3. The fraction of sp³-hybridized carbons (Fsp3) is 0.750. The molecular formula is C12H22N4. The molecule has 2 rings (SSSR count). The third kappa shape index (κ3) is 3.61. The third-order valence-corrected chi connectivity index (χ3v) is 3.16. The summed E-state index contributed by atoms with van der Waals surface area (Å²) in [6.45, 7) is 3.30. The fourth-order valence-corrected chi connectivity index (χ4v) is 1.91. The van der Waals surface area contributed by atoms with E-state index in [1.165, 1.54) is 18.4 Å². The van der Waals surface area contributed by atoms with Gasteiger partial charge >= 0.3 is 0 Å². The van der Waals surface area contributed by atoms with E-state index in [-0.39, 0.29) is 0 Å². The Balaban J connectivity index is 1.51. The van der Waals surface area contributed by atoms with Crippen molar-refractivity contribution in [2.24, 2.45) is 7.05 Å². The minimum atomic E-state index is 0.875. The monoisotopic (exact) mass is 222 g/mol. The van der Waals surface area contributed by atoms with Crippen LogP contribution >= 0.6 is 0 Å². The fourth-order valence-electron chi connectivity index (χ4n) is 1.91. The smallest absolute Gasteiger partial charge is 0.0522 e. The molecule has 1 aliphatic rings. The second kappa shape index (κ2) is 5.46. The van der Waals surface area contributed by atoms with E-state index in [0.29, 0.717) is 0 Å². The molecule has 1 heterocycles. The maximum atomic E-state index is 4.16. The summed E-state index contributed by atoms with van der Waals surface area (Å²) >= 11 is 0. The summed E-state index contributed by atoms with van der Waals surface area (Å²) in [5.41, 5.74) is 1.31. The molecule has 1 aromatic heterocycles. The molecule has 1 aromatic rings. The Bertz CT molecular complexity index is 317. The van der Waals surface area contributed by atoms with Gasteiger partial charge in [-0.3, -0.25) is 4.68 Å². The molecule has 16 heavy (non-hydrogen) atoms. The van der Waals surface area contributed by atoms with Gasteiger partial charge in [0.1, 0.15) is 0 Å². The molecule has 0 aromatic carbocycles. The Morgan fingerprint density at radius 2 is 2.31 bits per heavy atom. The molecular weight excluding hydrogens is 200 g/mol. The highest BCUT2D eigenvalue weighted by Crippen LogP contribution is 2.24. The van der Waals surface area contributed by atoms with Crippen LogP contribution in [0.5, 0.6) is 0 Å². The van der Waals surface area contributed by atoms with Crippen molar-refractivity contribution in [2.45, 2.75) is 25.3 Å². The van der Waals surface area contributed by atoms with Crippen molar-refractivity contribution in [1.82, 2.24) is 20.0 Å². The topological polar surface area (TPSA) is 33.1 Å². The zero-order chi connectivity index (χ0) is 11.4. The van der Waals surface area contributed by atoms with Gasteiger partial charge in [0.25, 0.3) is 0 Å². The van der Waals surface area contributed by atoms with Gasteiger partial charge in [0.05, 0.1) is 6.20 Å². The van der Waals surface area contributed by atoms with Crippen LogP contribution in [0, 0.1) is 0 Å². The van der Waals surface area contributed by atoms with Gasteiger partial charge in [-0.2, -0.15) is 5.10 Å². The van der Waals surface area contributed by atoms with Gasteiger partial charge in [-0.1, -0.05) is 0 Å². The van der Waals surface area contributed by atoms with Crippen LogP contribution in [-0.4, -0.2) is 47.4 Å². The molecule has 90 valence electrons. The molecule has 4 heteroatoms. The highest BCUT2D eigenvalue weighted by molar-refractivity contribution is 5.03. The van der Waals surface area contributed by atoms with Gasteiger partial charge in [0, 0.05) is 32.4 Å². The summed E-state index contributed by atoms with van der Waals surface area (Å²) in [5, 5.41) is 7.63. The van der Waals surface area contributed by atoms with Gasteiger partial charge < -0.3 is 10.2 Å². The summed E-state index contributed by atoms with van der Waals surface area (Å²) in [6, 6.07) is 0.875. The first-order chi connectivity index (χ1) is 7.75. The minimum absolute atomic E-state index is 0.875. The van der Waals surface area contributed by atoms with Crippen molar-refractivity contribution < 1.29 is 0 Å². The lowest BCUT2D eigenvalue weighted by Gasteiger charge is -2.15. The molecule has 0 bridgehead atoms. The SMILES string of the molecule is CN(CCNCCc1cnn(C)c1)C1CC1. The standard InChI is InChI=1S/C12H22N4/c1-15(12-3-4-12)8-7-13-6-5-11-9-14-16(2)10-11/h9-10,12-13H,3-8H2,1-2H3. The molecule has 1 fully saturated rings. The first-order valence-electron chi connectivity index (χ1n) is 6.14. The van der Waals surface area contributed by atoms with Crippen molar-refractivity contribution in [3.05, 3.63) is 18.0 Å². The number of aromatic nitrogens is 2. The molecule has 1 aliphatic carbocycles. The van der Waals surface area contributed by atoms with E-state index in [1.54, 1.807) is 0 Å². The van der Waals surface area contributed by atoms with Gasteiger partial charge in [-0.05, 0) is 38.4 Å². The van der Waals surface area contributed by atoms with Crippen molar-refractivity contribution in [2.75, 3.05) is 26.7 Å². The zero-order valence-corrected chi connectivity index (χ0v) is 10.3. The van der Waals surface area contributed by atoms with Gasteiger partial charge in [0.2, 0.25) is 0 Å². The van der Waals surface area contributed by atoms with Crippen molar-refractivity contribution in [3.8, 4) is 0 Å². The third-order valence-electron chi connectivity index (χ3n) is 3.16. The van der Waals surface area contributed by atoms with Crippen LogP contribution in [0.4, 0.5) is 0 Å². The summed E-state index contributed by atoms with van der Waals surface area (Å²) < 4.78 is 1.86. The molecule has 0 spiro atoms. The highest BCUT2D eigenvalue weighted by Gasteiger charge is 2.25. The minimum Gasteiger partial charge on any atom is -0.315 e. The van der Waals surface area contributed by atoms with Gasteiger partial charge in [-0.25, -0.2) is 0 Å². The van der Waals surface area contributed by atoms with E-state index in [1.807, 2.05) is 17.9 Å². The Hall–Kier alpha value is -0.870. The molecule has 1 saturated carbocycles. The largest absolute Gasteiger partial charge is 0.315 e. The van der Waals surface area contributed by atoms with Crippen LogP contribution in [0.1, 0.15) is 18.4 Å². The normalized spacial score (nSPS) is 15.9. The molecule has 0 aliphatic heterocycles. The van der Waals surface area contributed by atoms with E-state index >= 15 is 0 Å². The quantitative estimate of drug-likeness (QED) is 0.688. The maximum absolute atomic E-state index is 4.16. The molecule has 0 unspecified atom stereocenters. The van der Waals surface area contributed by atoms with E-state index in [2.05, 4.69) is 28.6 Å². The van der Waals surface area contributed by atoms with Crippen LogP contribution in [0.15, 0.2) is 12.4 Å². The van der Waals surface area contributed by atoms with Crippen LogP contribution in [0.3, 0.4) is 0 Å². The van der Waals surface area contributed by atoms with Crippen molar-refractivity contribution >= 4 is 0 Å². The Labute approximate surface area is 97.6 Å². The molecule has 1 N–H and O–H groups in total. The van der Waals surface area contributed by atoms with Gasteiger partial charge in [0.15, 0.2) is 0 Å². The van der Waals surface area contributed by atoms with E-state index in [9.17, 15) is 0 Å². The summed E-state index contributed by atoms with van der Waals surface area (Å²) in [4.78, 5) is 2.46. The van der Waals surface area contributed by atoms with Gasteiger partial charge in [-0.15, -0.1) is 0 Å². The predicted octanol–water partition coefficient (Wildman–Crippen LogP) is 0.646. The zero-order valence-electron chi connectivity index (χ0n) is 10.3. The highest BCUT2D eigenvalue weighted by atomic mass is 15.2. The Morgan fingerprint density at radius 3 is 2.94 bits per heavy atom. The summed E-state index contributed by atoms with van der Waals surface area (Å²) in [7, 11) is 4.18. The molecule has 0 radical (unpaired) electrons. The Morgan fingerprint density at radius 1 is 1.50 bits per heavy atom. The van der Waals surface area contributed by atoms with Crippen LogP contribution in [0.25, 0.3) is 0 Å². The van der Waals surface area contributed by atoms with Crippen molar-refractivity contribution in [3.63, 3.8) is 0 Å². The number of nitrogens with one attached hydrogen (secondary N) is 1. The second-order valence-electron chi connectivity index (χ2n) is 4.73. The number of rotatable bonds is 7. The number of nitrogens with zero attached hydrogens (tertiary/aromatic N) is 3. The lowest BCUT2D eigenvalue weighted by molar-refractivity contribution is 0.322. The van der Waals surface area contributed by atoms with Crippen molar-refractivity contribution in [1.29, 1.82) is 0 Å². The molecule has 4 nitrogen and oxygen atoms in total. The average molecular weight is 222 g/mol. The van der Waals surface area contributed by atoms with E-state index < -0.39 is 0 Å². The Kier molecular flexibility index (Phi) is 3.96. The summed E-state index contributed by atoms with van der Waals surface area (Å²) in [5.74, 6) is 0. The number of likely N-dealkylation sites (N-methyl/N-ethyl adjacent to an activating group) is 1. The van der Waals surface area contributed by atoms with E-state index in [0.717, 1.165) is 32.1 Å². The maximum Gasteiger partial charge on any atom is 0.0522 e. The number of aryl methyl sites for hydroxylation is 1. The number of hydrogen-bond donors (Lipinski definition) is 1. The predicted molar refractivity (Wildman–Crippen MR) is 65.4 cm³/mol. The second-order valence-corrected chi connectivity index (χ2v) is 4.73. The van der Waals surface area contributed by atoms with Crippen LogP contribution in [0.2, 0.25) is 0 Å². The van der Waals surface area contributed by atoms with Crippen LogP contribution in [-0.2, 0) is 13.5 Å². The lowest BCUT2D eigenvalue weighted by Crippen LogP contribution is -2.31. The molecule has 0 saturated heterocycles.